The summed E-state index contributed by atoms with van der Waals surface area (Å²) in [6.45, 7) is 1.90. The van der Waals surface area contributed by atoms with Gasteiger partial charge in [0.25, 0.3) is 11.1 Å². The van der Waals surface area contributed by atoms with E-state index in [2.05, 4.69) is 37.2 Å². The summed E-state index contributed by atoms with van der Waals surface area (Å²) in [4.78, 5) is 51.6. The van der Waals surface area contributed by atoms with Gasteiger partial charge in [0.1, 0.15) is 18.9 Å². The minimum Gasteiger partial charge on any atom is -0.487 e. The van der Waals surface area contributed by atoms with E-state index in [1.165, 1.54) is 18.2 Å². The minimum atomic E-state index is -0.624. The first-order chi connectivity index (χ1) is 20.0. The second kappa shape index (κ2) is 14.6. The van der Waals surface area contributed by atoms with Crippen LogP contribution in [0.4, 0.5) is 10.5 Å². The number of hydrogen-bond acceptors (Lipinski definition) is 7. The van der Waals surface area contributed by atoms with Crippen LogP contribution in [0.25, 0.3) is 6.08 Å². The molecule has 1 N–H and O–H groups in total. The Hall–Kier alpha value is -2.83. The van der Waals surface area contributed by atoms with Crippen molar-refractivity contribution in [3.05, 3.63) is 95.2 Å². The Kier molecular flexibility index (Phi) is 11.1. The summed E-state index contributed by atoms with van der Waals surface area (Å²) in [5, 5.41) is 2.81. The van der Waals surface area contributed by atoms with Crippen LogP contribution < -0.4 is 10.1 Å². The lowest BCUT2D eigenvalue weighted by molar-refractivity contribution is -0.127. The molecule has 3 aromatic carbocycles. The lowest BCUT2D eigenvalue weighted by Gasteiger charge is -2.13. The smallest absolute Gasteiger partial charge is 0.339 e. The molecule has 0 spiro atoms. The van der Waals surface area contributed by atoms with Gasteiger partial charge in [-0.25, -0.2) is 4.79 Å². The van der Waals surface area contributed by atoms with Gasteiger partial charge in [0, 0.05) is 10.7 Å². The third-order valence-corrected chi connectivity index (χ3v) is 8.36. The summed E-state index contributed by atoms with van der Waals surface area (Å²) in [6, 6.07) is 15.1. The number of carbonyl (C=O) groups excluding carboxylic acids is 4. The highest BCUT2D eigenvalue weighted by atomic mass is 79.9. The topological polar surface area (TPSA) is 102 Å². The summed E-state index contributed by atoms with van der Waals surface area (Å²) in [5.74, 6) is -1.28. The van der Waals surface area contributed by atoms with Crippen molar-refractivity contribution < 1.29 is 28.7 Å². The molecule has 0 atom stereocenters. The van der Waals surface area contributed by atoms with E-state index in [1.54, 1.807) is 30.3 Å². The van der Waals surface area contributed by atoms with Gasteiger partial charge in [-0.1, -0.05) is 42.3 Å². The molecule has 0 aromatic heterocycles. The number of hydrogen-bond donors (Lipinski definition) is 1. The number of amides is 3. The Morgan fingerprint density at radius 2 is 1.71 bits per heavy atom. The van der Waals surface area contributed by atoms with E-state index < -0.39 is 29.6 Å². The van der Waals surface area contributed by atoms with Gasteiger partial charge in [-0.15, -0.1) is 0 Å². The maximum atomic E-state index is 13.0. The number of thioether (sulfide) groups is 1. The van der Waals surface area contributed by atoms with Gasteiger partial charge in [0.05, 0.1) is 31.0 Å². The zero-order valence-corrected chi connectivity index (χ0v) is 27.4. The largest absolute Gasteiger partial charge is 0.487 e. The molecule has 0 aliphatic carbocycles. The molecule has 4 rings (SSSR count). The summed E-state index contributed by atoms with van der Waals surface area (Å²) >= 11 is 19.8. The Morgan fingerprint density at radius 1 is 1.02 bits per heavy atom. The van der Waals surface area contributed by atoms with Gasteiger partial charge < -0.3 is 14.8 Å². The van der Waals surface area contributed by atoms with Gasteiger partial charge in [-0.3, -0.25) is 19.3 Å². The standard InChI is InChI=1S/C29H22Br2Cl2N2O6S/c1-2-9-40-28(38)20-13-19(7-8-23(20)33)34-25(36)14-35-27(37)24(42-29(35)39)12-17-10-21(30)26(22(31)11-17)41-15-16-3-5-18(32)6-4-16/h3-8,10-13H,2,9,14-15H2,1H3,(H,34,36)/b24-12+. The molecule has 0 radical (unpaired) electrons. The molecule has 13 heteroatoms. The fourth-order valence-electron chi connectivity index (χ4n) is 3.70. The molecular formula is C29H22Br2Cl2N2O6S. The first kappa shape index (κ1) is 32.1. The van der Waals surface area contributed by atoms with Crippen molar-refractivity contribution in [2.75, 3.05) is 18.5 Å². The number of imide groups is 1. The van der Waals surface area contributed by atoms with Gasteiger partial charge >= 0.3 is 5.97 Å². The van der Waals surface area contributed by atoms with E-state index in [1.807, 2.05) is 19.1 Å². The van der Waals surface area contributed by atoms with E-state index in [0.717, 1.165) is 22.2 Å². The molecule has 1 heterocycles. The highest BCUT2D eigenvalue weighted by molar-refractivity contribution is 9.11. The average molecular weight is 757 g/mol. The number of carbonyl (C=O) groups is 4. The summed E-state index contributed by atoms with van der Waals surface area (Å²) < 4.78 is 12.3. The molecule has 0 saturated carbocycles. The van der Waals surface area contributed by atoms with Gasteiger partial charge in [-0.2, -0.15) is 0 Å². The molecule has 0 unspecified atom stereocenters. The zero-order valence-electron chi connectivity index (χ0n) is 21.9. The molecule has 8 nitrogen and oxygen atoms in total. The van der Waals surface area contributed by atoms with Crippen molar-refractivity contribution in [2.24, 2.45) is 0 Å². The molecule has 0 bridgehead atoms. The van der Waals surface area contributed by atoms with Crippen LogP contribution in [0.1, 0.15) is 34.8 Å². The number of ether oxygens (including phenoxy) is 2. The van der Waals surface area contributed by atoms with Crippen molar-refractivity contribution in [3.8, 4) is 5.75 Å². The highest BCUT2D eigenvalue weighted by Crippen LogP contribution is 2.38. The number of anilines is 1. The van der Waals surface area contributed by atoms with Crippen LogP contribution in [0.3, 0.4) is 0 Å². The third-order valence-electron chi connectivity index (χ3n) is 5.70. The van der Waals surface area contributed by atoms with Crippen LogP contribution in [-0.4, -0.2) is 41.1 Å². The predicted molar refractivity (Wildman–Crippen MR) is 171 cm³/mol. The first-order valence-electron chi connectivity index (χ1n) is 12.4. The van der Waals surface area contributed by atoms with E-state index in [9.17, 15) is 19.2 Å². The summed E-state index contributed by atoms with van der Waals surface area (Å²) in [7, 11) is 0. The molecule has 42 heavy (non-hydrogen) atoms. The van der Waals surface area contributed by atoms with Crippen LogP contribution in [0, 0.1) is 0 Å². The molecular weight excluding hydrogens is 735 g/mol. The van der Waals surface area contributed by atoms with Crippen LogP contribution in [-0.2, 0) is 20.9 Å². The lowest BCUT2D eigenvalue weighted by atomic mass is 10.2. The Labute approximate surface area is 273 Å². The van der Waals surface area contributed by atoms with E-state index in [0.29, 0.717) is 38.3 Å². The molecule has 218 valence electrons. The van der Waals surface area contributed by atoms with Gasteiger partial charge in [0.2, 0.25) is 5.91 Å². The molecule has 1 aliphatic rings. The SMILES string of the molecule is CCCOC(=O)c1cc(NC(=O)CN2C(=O)S/C(=C/c3cc(Br)c(OCc4ccc(Cl)cc4)c(Br)c3)C2=O)ccc1Cl. The lowest BCUT2D eigenvalue weighted by Crippen LogP contribution is -2.36. The zero-order chi connectivity index (χ0) is 30.4. The van der Waals surface area contributed by atoms with Gasteiger partial charge in [-0.05, 0) is 110 Å². The van der Waals surface area contributed by atoms with E-state index >= 15 is 0 Å². The number of halogens is 4. The Morgan fingerprint density at radius 3 is 2.38 bits per heavy atom. The van der Waals surface area contributed by atoms with Crippen LogP contribution in [0.15, 0.2) is 68.4 Å². The normalized spacial score (nSPS) is 13.9. The number of nitrogens with one attached hydrogen (secondary N) is 1. The Balaban J connectivity index is 1.41. The molecule has 3 amide bonds. The molecule has 1 saturated heterocycles. The summed E-state index contributed by atoms with van der Waals surface area (Å²) in [5.41, 5.74) is 1.93. The Bertz CT molecular complexity index is 1560. The van der Waals surface area contributed by atoms with Crippen molar-refractivity contribution in [1.82, 2.24) is 4.90 Å². The average Bonchev–Trinajstić information content (AvgIpc) is 3.20. The maximum absolute atomic E-state index is 13.0. The highest BCUT2D eigenvalue weighted by Gasteiger charge is 2.36. The molecule has 1 aliphatic heterocycles. The number of nitrogens with zero attached hydrogens (tertiary/aromatic N) is 1. The fraction of sp³-hybridized carbons (Fsp3) is 0.172. The van der Waals surface area contributed by atoms with Crippen LogP contribution in [0.2, 0.25) is 10.0 Å². The van der Waals surface area contributed by atoms with Crippen molar-refractivity contribution in [2.45, 2.75) is 20.0 Å². The van der Waals surface area contributed by atoms with E-state index in [4.69, 9.17) is 32.7 Å². The quantitative estimate of drug-likeness (QED) is 0.164. The minimum absolute atomic E-state index is 0.0933. The fourth-order valence-corrected chi connectivity index (χ4v) is 6.31. The van der Waals surface area contributed by atoms with Crippen molar-refractivity contribution in [3.63, 3.8) is 0 Å². The first-order valence-corrected chi connectivity index (χ1v) is 15.6. The van der Waals surface area contributed by atoms with Crippen LogP contribution in [0.5, 0.6) is 5.75 Å². The summed E-state index contributed by atoms with van der Waals surface area (Å²) in [6.07, 6.45) is 2.21. The van der Waals surface area contributed by atoms with Crippen LogP contribution >= 0.6 is 66.8 Å². The van der Waals surface area contributed by atoms with E-state index in [-0.39, 0.29) is 27.8 Å². The second-order valence-corrected chi connectivity index (χ2v) is 12.4. The number of rotatable bonds is 10. The second-order valence-electron chi connectivity index (χ2n) is 8.88. The molecule has 1 fully saturated rings. The van der Waals surface area contributed by atoms with Crippen molar-refractivity contribution >= 4 is 102 Å². The number of esters is 1. The van der Waals surface area contributed by atoms with Crippen molar-refractivity contribution in [1.29, 1.82) is 0 Å². The van der Waals surface area contributed by atoms with Gasteiger partial charge in [0.15, 0.2) is 0 Å². The monoisotopic (exact) mass is 754 g/mol. The maximum Gasteiger partial charge on any atom is 0.339 e. The number of benzene rings is 3. The molecule has 3 aromatic rings. The predicted octanol–water partition coefficient (Wildman–Crippen LogP) is 8.34. The third kappa shape index (κ3) is 8.17.